The van der Waals surface area contributed by atoms with Gasteiger partial charge in [-0.25, -0.2) is 4.39 Å². The smallest absolute Gasteiger partial charge is 0.123 e. The van der Waals surface area contributed by atoms with Crippen LogP contribution in [-0.4, -0.2) is 59.2 Å². The van der Waals surface area contributed by atoms with E-state index in [1.165, 1.54) is 12.1 Å². The number of aliphatic hydroxyl groups is 1. The van der Waals surface area contributed by atoms with Gasteiger partial charge >= 0.3 is 0 Å². The zero-order valence-electron chi connectivity index (χ0n) is 12.1. The summed E-state index contributed by atoms with van der Waals surface area (Å²) >= 11 is 5.01. The minimum atomic E-state index is -0.313. The van der Waals surface area contributed by atoms with Crippen molar-refractivity contribution in [3.8, 4) is 0 Å². The maximum absolute atomic E-state index is 13.3. The molecule has 21 heavy (non-hydrogen) atoms. The van der Waals surface area contributed by atoms with Gasteiger partial charge in [0.05, 0.1) is 6.61 Å². The highest BCUT2D eigenvalue weighted by Crippen LogP contribution is 2.15. The van der Waals surface area contributed by atoms with Crippen LogP contribution in [0.25, 0.3) is 0 Å². The van der Waals surface area contributed by atoms with Gasteiger partial charge in [-0.2, -0.15) is 0 Å². The van der Waals surface area contributed by atoms with Gasteiger partial charge in [0, 0.05) is 31.7 Å². The zero-order valence-corrected chi connectivity index (χ0v) is 12.9. The van der Waals surface area contributed by atoms with E-state index in [-0.39, 0.29) is 17.4 Å². The summed E-state index contributed by atoms with van der Waals surface area (Å²) in [4.78, 5) is 4.83. The quantitative estimate of drug-likeness (QED) is 0.793. The lowest BCUT2D eigenvalue weighted by Gasteiger charge is -2.22. The number of thiocarbonyl (C=S) groups is 1. The van der Waals surface area contributed by atoms with E-state index in [0.29, 0.717) is 5.56 Å². The fourth-order valence-electron chi connectivity index (χ4n) is 2.70. The Morgan fingerprint density at radius 3 is 2.67 bits per heavy atom. The molecule has 1 aromatic rings. The monoisotopic (exact) mass is 311 g/mol. The van der Waals surface area contributed by atoms with Gasteiger partial charge < -0.3 is 10.8 Å². The summed E-state index contributed by atoms with van der Waals surface area (Å²) in [5, 5.41) is 9.02. The lowest BCUT2D eigenvalue weighted by atomic mass is 10.1. The summed E-state index contributed by atoms with van der Waals surface area (Å²) in [7, 11) is 0. The molecule has 1 aromatic carbocycles. The van der Waals surface area contributed by atoms with Crippen LogP contribution in [0.1, 0.15) is 17.5 Å². The normalized spacial score (nSPS) is 17.6. The second-order valence-electron chi connectivity index (χ2n) is 5.36. The Morgan fingerprint density at radius 2 is 1.95 bits per heavy atom. The molecule has 116 valence electrons. The van der Waals surface area contributed by atoms with E-state index in [2.05, 4.69) is 9.80 Å². The van der Waals surface area contributed by atoms with Crippen LogP contribution in [0.15, 0.2) is 18.2 Å². The minimum Gasteiger partial charge on any atom is -0.395 e. The Hall–Kier alpha value is -1.08. The first-order valence-corrected chi connectivity index (χ1v) is 7.65. The number of aliphatic hydroxyl groups excluding tert-OH is 1. The van der Waals surface area contributed by atoms with Crippen molar-refractivity contribution < 1.29 is 9.50 Å². The predicted molar refractivity (Wildman–Crippen MR) is 85.7 cm³/mol. The molecular formula is C15H22FN3OS. The SMILES string of the molecule is NC(=S)c1cc(F)ccc1CN1CCCN(CCO)CC1. The molecule has 0 spiro atoms. The van der Waals surface area contributed by atoms with E-state index in [1.54, 1.807) is 6.07 Å². The number of nitrogens with two attached hydrogens (primary N) is 1. The van der Waals surface area contributed by atoms with Gasteiger partial charge in [-0.3, -0.25) is 9.80 Å². The lowest BCUT2D eigenvalue weighted by molar-refractivity contribution is 0.196. The summed E-state index contributed by atoms with van der Waals surface area (Å²) in [5.74, 6) is -0.313. The minimum absolute atomic E-state index is 0.198. The molecule has 0 bridgehead atoms. The third-order valence-electron chi connectivity index (χ3n) is 3.83. The molecule has 0 radical (unpaired) electrons. The van der Waals surface area contributed by atoms with E-state index in [0.717, 1.165) is 51.3 Å². The average molecular weight is 311 g/mol. The van der Waals surface area contributed by atoms with Crippen molar-refractivity contribution in [3.05, 3.63) is 35.1 Å². The maximum atomic E-state index is 13.3. The second kappa shape index (κ2) is 7.79. The molecular weight excluding hydrogens is 289 g/mol. The topological polar surface area (TPSA) is 52.7 Å². The van der Waals surface area contributed by atoms with E-state index >= 15 is 0 Å². The third kappa shape index (κ3) is 4.71. The number of β-amino-alcohol motifs (C(OH)–C–C–N with tert-alkyl or cyclic N) is 1. The number of hydrogen-bond donors (Lipinski definition) is 2. The molecule has 1 aliphatic rings. The summed E-state index contributed by atoms with van der Waals surface area (Å²) in [6, 6.07) is 4.63. The largest absolute Gasteiger partial charge is 0.395 e. The van der Waals surface area contributed by atoms with Crippen molar-refractivity contribution in [2.75, 3.05) is 39.3 Å². The standard InChI is InChI=1S/C15H22FN3OS/c16-13-3-2-12(14(10-13)15(17)21)11-19-5-1-4-18(6-7-19)8-9-20/h2-3,10,20H,1,4-9,11H2,(H2,17,21). The van der Waals surface area contributed by atoms with Crippen molar-refractivity contribution in [2.45, 2.75) is 13.0 Å². The summed E-state index contributed by atoms with van der Waals surface area (Å²) in [6.45, 7) is 5.49. The zero-order chi connectivity index (χ0) is 15.2. The van der Waals surface area contributed by atoms with Gasteiger partial charge in [0.1, 0.15) is 10.8 Å². The first-order chi connectivity index (χ1) is 10.1. The Balaban J connectivity index is 2.03. The summed E-state index contributed by atoms with van der Waals surface area (Å²) in [6.07, 6.45) is 1.06. The van der Waals surface area contributed by atoms with E-state index < -0.39 is 0 Å². The average Bonchev–Trinajstić information content (AvgIpc) is 2.67. The third-order valence-corrected chi connectivity index (χ3v) is 4.05. The van der Waals surface area contributed by atoms with Gasteiger partial charge in [0.2, 0.25) is 0 Å². The molecule has 0 aliphatic carbocycles. The lowest BCUT2D eigenvalue weighted by Crippen LogP contribution is -2.32. The van der Waals surface area contributed by atoms with E-state index in [1.807, 2.05) is 0 Å². The predicted octanol–water partition coefficient (Wildman–Crippen LogP) is 0.960. The molecule has 1 fully saturated rings. The van der Waals surface area contributed by atoms with Crippen molar-refractivity contribution in [1.82, 2.24) is 9.80 Å². The van der Waals surface area contributed by atoms with Crippen molar-refractivity contribution in [1.29, 1.82) is 0 Å². The second-order valence-corrected chi connectivity index (χ2v) is 5.80. The molecule has 4 nitrogen and oxygen atoms in total. The van der Waals surface area contributed by atoms with Gasteiger partial charge in [0.15, 0.2) is 0 Å². The van der Waals surface area contributed by atoms with Crippen LogP contribution in [0.5, 0.6) is 0 Å². The molecule has 0 unspecified atom stereocenters. The van der Waals surface area contributed by atoms with E-state index in [4.69, 9.17) is 23.1 Å². The first-order valence-electron chi connectivity index (χ1n) is 7.24. The van der Waals surface area contributed by atoms with Crippen molar-refractivity contribution >= 4 is 17.2 Å². The number of nitrogens with zero attached hydrogens (tertiary/aromatic N) is 2. The Labute approximate surface area is 130 Å². The highest BCUT2D eigenvalue weighted by molar-refractivity contribution is 7.80. The molecule has 0 saturated carbocycles. The summed E-state index contributed by atoms with van der Waals surface area (Å²) < 4.78 is 13.3. The Morgan fingerprint density at radius 1 is 1.24 bits per heavy atom. The first kappa shape index (κ1) is 16.3. The van der Waals surface area contributed by atoms with Crippen molar-refractivity contribution in [2.24, 2.45) is 5.73 Å². The molecule has 0 aromatic heterocycles. The van der Waals surface area contributed by atoms with Crippen LogP contribution < -0.4 is 5.73 Å². The fourth-order valence-corrected chi connectivity index (χ4v) is 2.89. The number of hydrogen-bond acceptors (Lipinski definition) is 4. The van der Waals surface area contributed by atoms with Crippen LogP contribution in [0.2, 0.25) is 0 Å². The molecule has 1 heterocycles. The highest BCUT2D eigenvalue weighted by Gasteiger charge is 2.16. The van der Waals surface area contributed by atoms with Crippen LogP contribution >= 0.6 is 12.2 Å². The molecule has 0 atom stereocenters. The van der Waals surface area contributed by atoms with Crippen LogP contribution in [-0.2, 0) is 6.54 Å². The number of halogens is 1. The molecule has 2 rings (SSSR count). The molecule has 3 N–H and O–H groups in total. The molecule has 1 aliphatic heterocycles. The highest BCUT2D eigenvalue weighted by atomic mass is 32.1. The number of rotatable bonds is 5. The maximum Gasteiger partial charge on any atom is 0.123 e. The Kier molecular flexibility index (Phi) is 6.05. The molecule has 1 saturated heterocycles. The molecule has 0 amide bonds. The van der Waals surface area contributed by atoms with Crippen LogP contribution in [0.3, 0.4) is 0 Å². The van der Waals surface area contributed by atoms with Crippen LogP contribution in [0, 0.1) is 5.82 Å². The number of benzene rings is 1. The van der Waals surface area contributed by atoms with Gasteiger partial charge in [-0.15, -0.1) is 0 Å². The van der Waals surface area contributed by atoms with Crippen LogP contribution in [0.4, 0.5) is 4.39 Å². The van der Waals surface area contributed by atoms with E-state index in [9.17, 15) is 4.39 Å². The van der Waals surface area contributed by atoms with Gasteiger partial charge in [-0.05, 0) is 37.2 Å². The van der Waals surface area contributed by atoms with Gasteiger partial charge in [0.25, 0.3) is 0 Å². The Bertz CT molecular complexity index is 498. The fraction of sp³-hybridized carbons (Fsp3) is 0.533. The molecule has 6 heteroatoms. The van der Waals surface area contributed by atoms with Gasteiger partial charge in [-0.1, -0.05) is 18.3 Å². The summed E-state index contributed by atoms with van der Waals surface area (Å²) in [5.41, 5.74) is 7.29. The van der Waals surface area contributed by atoms with Crippen molar-refractivity contribution in [3.63, 3.8) is 0 Å².